The fourth-order valence-electron chi connectivity index (χ4n) is 7.72. The Balaban J connectivity index is 1.58. The number of hydrogen-bond donors (Lipinski definition) is 9. The lowest BCUT2D eigenvalue weighted by molar-refractivity contribution is -0.202. The third-order valence-electron chi connectivity index (χ3n) is 10.6. The van der Waals surface area contributed by atoms with E-state index in [4.69, 9.17) is 20.9 Å². The number of aromatic hydroxyl groups is 1. The number of aliphatic hydroxyl groups is 4. The maximum Gasteiger partial charge on any atom is 0.246 e. The summed E-state index contributed by atoms with van der Waals surface area (Å²) >= 11 is 0. The maximum atomic E-state index is 14.8. The number of carbonyl (C=O) groups is 3. The number of likely N-dealkylation sites (tertiary alicyclic amines) is 1. The molecule has 298 valence electrons. The number of nitrogens with two attached hydrogens (primary N) is 2. The SMILES string of the molecule is CCCCCCCC(=O)N[C@@H](Cc1ccc(O)cc1)C(=O)N1[C@H](C(=O)NC(CO)CCCN=C(N)N)C[C@@H]2CCC(OC3OC(CO)C(O)C3O)C[C@@H]21. The molecule has 2 aliphatic heterocycles. The summed E-state index contributed by atoms with van der Waals surface area (Å²) in [4.78, 5) is 47.7. The number of unbranched alkanes of at least 4 members (excludes halogenated alkanes) is 4. The first kappa shape index (κ1) is 42.2. The molecule has 3 aliphatic rings. The van der Waals surface area contributed by atoms with Crippen LogP contribution in [0.4, 0.5) is 0 Å². The highest BCUT2D eigenvalue weighted by Crippen LogP contribution is 2.42. The van der Waals surface area contributed by atoms with Crippen LogP contribution in [0, 0.1) is 5.92 Å². The van der Waals surface area contributed by atoms with Crippen LogP contribution in [0.3, 0.4) is 0 Å². The Kier molecular flexibility index (Phi) is 16.6. The number of phenols is 1. The molecule has 53 heavy (non-hydrogen) atoms. The van der Waals surface area contributed by atoms with Gasteiger partial charge in [0.2, 0.25) is 17.7 Å². The van der Waals surface area contributed by atoms with E-state index in [1.807, 2.05) is 0 Å². The lowest BCUT2D eigenvalue weighted by Crippen LogP contribution is -2.58. The van der Waals surface area contributed by atoms with Crippen molar-refractivity contribution in [2.75, 3.05) is 19.8 Å². The van der Waals surface area contributed by atoms with E-state index in [-0.39, 0.29) is 43.0 Å². The molecule has 0 radical (unpaired) electrons. The number of amides is 3. The molecule has 1 saturated carbocycles. The van der Waals surface area contributed by atoms with Crippen LogP contribution >= 0.6 is 0 Å². The van der Waals surface area contributed by atoms with Crippen molar-refractivity contribution in [2.45, 2.75) is 145 Å². The van der Waals surface area contributed by atoms with Gasteiger partial charge in [-0.2, -0.15) is 0 Å². The zero-order valence-corrected chi connectivity index (χ0v) is 30.7. The number of phenolic OH excluding ortho intramolecular Hbond substituents is 1. The van der Waals surface area contributed by atoms with Crippen molar-refractivity contribution in [3.8, 4) is 5.75 Å². The fraction of sp³-hybridized carbons (Fsp3) is 0.730. The topological polar surface area (TPSA) is 263 Å². The number of aliphatic hydroxyl groups excluding tert-OH is 4. The molecule has 6 unspecified atom stereocenters. The van der Waals surface area contributed by atoms with Gasteiger partial charge in [0, 0.05) is 25.4 Å². The van der Waals surface area contributed by atoms with Crippen molar-refractivity contribution >= 4 is 23.7 Å². The van der Waals surface area contributed by atoms with Crippen LogP contribution in [0.2, 0.25) is 0 Å². The normalized spacial score (nSPS) is 27.8. The van der Waals surface area contributed by atoms with Crippen LogP contribution in [0.25, 0.3) is 0 Å². The zero-order chi connectivity index (χ0) is 38.5. The minimum Gasteiger partial charge on any atom is -0.508 e. The van der Waals surface area contributed by atoms with Gasteiger partial charge in [0.05, 0.1) is 25.4 Å². The summed E-state index contributed by atoms with van der Waals surface area (Å²) in [7, 11) is 0. The molecule has 2 saturated heterocycles. The Morgan fingerprint density at radius 2 is 1.74 bits per heavy atom. The van der Waals surface area contributed by atoms with Crippen LogP contribution < -0.4 is 22.1 Å². The molecule has 10 atom stereocenters. The van der Waals surface area contributed by atoms with E-state index in [2.05, 4.69) is 22.5 Å². The number of fused-ring (bicyclic) bond motifs is 1. The summed E-state index contributed by atoms with van der Waals surface area (Å²) < 4.78 is 11.7. The van der Waals surface area contributed by atoms with Crippen molar-refractivity contribution < 1.29 is 49.4 Å². The number of carbonyl (C=O) groups excluding carboxylic acids is 3. The number of nitrogens with one attached hydrogen (secondary N) is 2. The highest BCUT2D eigenvalue weighted by Gasteiger charge is 2.52. The van der Waals surface area contributed by atoms with Crippen LogP contribution in [-0.2, 0) is 30.3 Å². The van der Waals surface area contributed by atoms with E-state index < -0.39 is 73.3 Å². The molecule has 3 amide bonds. The van der Waals surface area contributed by atoms with E-state index in [0.29, 0.717) is 57.1 Å². The molecule has 0 spiro atoms. The smallest absolute Gasteiger partial charge is 0.246 e. The molecule has 16 heteroatoms. The standard InChI is InChI=1S/C37H60N6O10/c1-2-3-4-5-6-9-31(47)42-27(17-22-10-13-25(46)14-11-22)35(51)43-28-19-26(52-36-33(49)32(48)30(21-45)53-36)15-12-23(28)18-29(43)34(50)41-24(20-44)8-7-16-40-37(38)39/h10-11,13-14,23-24,26-30,32-33,36,44-46,48-49H,2-9,12,15-21H2,1H3,(H,41,50)(H,42,47)(H4,38,39,40)/t23-,24?,26?,27-,28-,29-,30?,32?,33?,36?/m0/s1. The van der Waals surface area contributed by atoms with Gasteiger partial charge in [0.25, 0.3) is 0 Å². The number of ether oxygens (including phenoxy) is 2. The third-order valence-corrected chi connectivity index (χ3v) is 10.6. The highest BCUT2D eigenvalue weighted by molar-refractivity contribution is 5.93. The second kappa shape index (κ2) is 20.8. The predicted molar refractivity (Wildman–Crippen MR) is 195 cm³/mol. The number of guanidine groups is 1. The van der Waals surface area contributed by atoms with Gasteiger partial charge in [-0.1, -0.05) is 44.7 Å². The molecule has 4 rings (SSSR count). The summed E-state index contributed by atoms with van der Waals surface area (Å²) in [5.41, 5.74) is 11.5. The maximum absolute atomic E-state index is 14.8. The monoisotopic (exact) mass is 748 g/mol. The highest BCUT2D eigenvalue weighted by atomic mass is 16.7. The lowest BCUT2D eigenvalue weighted by atomic mass is 9.83. The largest absolute Gasteiger partial charge is 0.508 e. The third kappa shape index (κ3) is 12.0. The molecule has 0 aromatic heterocycles. The average Bonchev–Trinajstić information content (AvgIpc) is 3.65. The summed E-state index contributed by atoms with van der Waals surface area (Å²) in [5, 5.41) is 56.2. The molecule has 2 heterocycles. The summed E-state index contributed by atoms with van der Waals surface area (Å²) in [6, 6.07) is 3.37. The summed E-state index contributed by atoms with van der Waals surface area (Å²) in [6.45, 7) is 1.61. The average molecular weight is 749 g/mol. The molecular formula is C37H60N6O10. The molecule has 3 fully saturated rings. The van der Waals surface area contributed by atoms with Gasteiger partial charge < -0.3 is 62.0 Å². The number of aliphatic imine (C=N–C) groups is 1. The van der Waals surface area contributed by atoms with Crippen LogP contribution in [-0.4, -0.2) is 129 Å². The molecule has 16 nitrogen and oxygen atoms in total. The number of benzene rings is 1. The van der Waals surface area contributed by atoms with E-state index in [1.54, 1.807) is 17.0 Å². The molecule has 1 aromatic carbocycles. The predicted octanol–water partition coefficient (Wildman–Crippen LogP) is -0.0955. The van der Waals surface area contributed by atoms with Gasteiger partial charge in [-0.05, 0) is 68.6 Å². The van der Waals surface area contributed by atoms with Gasteiger partial charge in [0.15, 0.2) is 12.2 Å². The minimum absolute atomic E-state index is 0.0524. The number of rotatable bonds is 20. The van der Waals surface area contributed by atoms with Gasteiger partial charge >= 0.3 is 0 Å². The molecule has 11 N–H and O–H groups in total. The van der Waals surface area contributed by atoms with Crippen molar-refractivity contribution in [1.82, 2.24) is 15.5 Å². The first-order valence-electron chi connectivity index (χ1n) is 19.1. The first-order valence-corrected chi connectivity index (χ1v) is 19.1. The van der Waals surface area contributed by atoms with Crippen molar-refractivity contribution in [3.05, 3.63) is 29.8 Å². The van der Waals surface area contributed by atoms with Gasteiger partial charge in [-0.15, -0.1) is 0 Å². The first-order chi connectivity index (χ1) is 25.4. The number of nitrogens with zero attached hydrogens (tertiary/aromatic N) is 2. The summed E-state index contributed by atoms with van der Waals surface area (Å²) in [5.74, 6) is -1.22. The van der Waals surface area contributed by atoms with Crippen molar-refractivity contribution in [2.24, 2.45) is 22.4 Å². The summed E-state index contributed by atoms with van der Waals surface area (Å²) in [6.07, 6.45) is 2.39. The van der Waals surface area contributed by atoms with Crippen LogP contribution in [0.5, 0.6) is 5.75 Å². The van der Waals surface area contributed by atoms with Gasteiger partial charge in [-0.25, -0.2) is 0 Å². The van der Waals surface area contributed by atoms with Crippen molar-refractivity contribution in [3.63, 3.8) is 0 Å². The fourth-order valence-corrected chi connectivity index (χ4v) is 7.72. The Labute approximate surface area is 311 Å². The van der Waals surface area contributed by atoms with E-state index in [1.165, 1.54) is 12.1 Å². The molecule has 1 aliphatic carbocycles. The molecular weight excluding hydrogens is 688 g/mol. The Morgan fingerprint density at radius 3 is 2.40 bits per heavy atom. The Bertz CT molecular complexity index is 1350. The molecule has 1 aromatic rings. The quantitative estimate of drug-likeness (QED) is 0.0481. The van der Waals surface area contributed by atoms with E-state index in [9.17, 15) is 39.9 Å². The van der Waals surface area contributed by atoms with E-state index in [0.717, 1.165) is 25.7 Å². The molecule has 0 bridgehead atoms. The van der Waals surface area contributed by atoms with Gasteiger partial charge in [-0.3, -0.25) is 19.4 Å². The minimum atomic E-state index is -1.38. The van der Waals surface area contributed by atoms with Crippen LogP contribution in [0.1, 0.15) is 89.5 Å². The van der Waals surface area contributed by atoms with Crippen LogP contribution in [0.15, 0.2) is 29.3 Å². The Morgan fingerprint density at radius 1 is 1.00 bits per heavy atom. The number of hydrogen-bond acceptors (Lipinski definition) is 11. The Hall–Kier alpha value is -3.54. The zero-order valence-electron chi connectivity index (χ0n) is 30.7. The van der Waals surface area contributed by atoms with Gasteiger partial charge in [0.1, 0.15) is 36.1 Å². The second-order valence-electron chi connectivity index (χ2n) is 14.6. The lowest BCUT2D eigenvalue weighted by Gasteiger charge is -2.39. The van der Waals surface area contributed by atoms with Crippen molar-refractivity contribution in [1.29, 1.82) is 0 Å². The second-order valence-corrected chi connectivity index (χ2v) is 14.6. The van der Waals surface area contributed by atoms with E-state index >= 15 is 0 Å².